The van der Waals surface area contributed by atoms with Crippen molar-refractivity contribution in [3.63, 3.8) is 0 Å². The van der Waals surface area contributed by atoms with Crippen LogP contribution < -0.4 is 19.7 Å². The Hall–Kier alpha value is -2.24. The van der Waals surface area contributed by atoms with Crippen molar-refractivity contribution in [3.8, 4) is 11.5 Å². The molecule has 0 bridgehead atoms. The highest BCUT2D eigenvalue weighted by Crippen LogP contribution is 2.31. The molecular formula is C15H20N2O4. The number of hydrogen-bond donors (Lipinski definition) is 1. The number of nitrogens with zero attached hydrogens (tertiary/aromatic N) is 1. The van der Waals surface area contributed by atoms with Crippen molar-refractivity contribution in [2.45, 2.75) is 25.8 Å². The lowest BCUT2D eigenvalue weighted by Crippen LogP contribution is -2.65. The van der Waals surface area contributed by atoms with E-state index in [9.17, 15) is 9.59 Å². The predicted molar refractivity (Wildman–Crippen MR) is 78.7 cm³/mol. The van der Waals surface area contributed by atoms with Crippen molar-refractivity contribution in [2.24, 2.45) is 0 Å². The van der Waals surface area contributed by atoms with Gasteiger partial charge in [0.2, 0.25) is 5.91 Å². The van der Waals surface area contributed by atoms with Gasteiger partial charge in [-0.2, -0.15) is 0 Å². The molecule has 2 rings (SSSR count). The molecule has 1 atom stereocenters. The van der Waals surface area contributed by atoms with E-state index in [4.69, 9.17) is 9.47 Å². The number of amides is 2. The van der Waals surface area contributed by atoms with Crippen LogP contribution in [0.4, 0.5) is 5.69 Å². The van der Waals surface area contributed by atoms with E-state index in [2.05, 4.69) is 5.32 Å². The maximum atomic E-state index is 12.7. The van der Waals surface area contributed by atoms with Crippen LogP contribution >= 0.6 is 0 Å². The Balaban J connectivity index is 2.44. The molecule has 0 saturated carbocycles. The minimum atomic E-state index is -0.883. The summed E-state index contributed by atoms with van der Waals surface area (Å²) < 4.78 is 10.4. The van der Waals surface area contributed by atoms with E-state index in [1.807, 2.05) is 6.92 Å². The second-order valence-corrected chi connectivity index (χ2v) is 5.20. The maximum absolute atomic E-state index is 12.7. The van der Waals surface area contributed by atoms with Gasteiger partial charge in [-0.15, -0.1) is 0 Å². The zero-order valence-corrected chi connectivity index (χ0v) is 12.7. The first kappa shape index (κ1) is 15.2. The predicted octanol–water partition coefficient (Wildman–Crippen LogP) is 1.34. The minimum Gasteiger partial charge on any atom is -0.497 e. The number of benzene rings is 1. The first-order chi connectivity index (χ1) is 9.93. The van der Waals surface area contributed by atoms with Crippen molar-refractivity contribution in [2.75, 3.05) is 25.7 Å². The van der Waals surface area contributed by atoms with Crippen molar-refractivity contribution in [3.05, 3.63) is 18.2 Å². The zero-order chi connectivity index (χ0) is 15.6. The summed E-state index contributed by atoms with van der Waals surface area (Å²) in [6.07, 6.45) is 0.523. The monoisotopic (exact) mass is 292 g/mol. The number of hydrogen-bond acceptors (Lipinski definition) is 4. The van der Waals surface area contributed by atoms with Crippen molar-refractivity contribution >= 4 is 17.5 Å². The molecule has 1 fully saturated rings. The number of nitrogens with one attached hydrogen (secondary N) is 1. The first-order valence-electron chi connectivity index (χ1n) is 6.79. The molecule has 21 heavy (non-hydrogen) atoms. The van der Waals surface area contributed by atoms with E-state index < -0.39 is 5.54 Å². The zero-order valence-electron chi connectivity index (χ0n) is 12.7. The summed E-state index contributed by atoms with van der Waals surface area (Å²) in [6.45, 7) is 3.59. The van der Waals surface area contributed by atoms with E-state index in [1.165, 1.54) is 4.90 Å². The van der Waals surface area contributed by atoms with Gasteiger partial charge in [0.1, 0.15) is 23.6 Å². The average molecular weight is 292 g/mol. The minimum absolute atomic E-state index is 0.00918. The summed E-state index contributed by atoms with van der Waals surface area (Å²) in [5.74, 6) is 0.823. The van der Waals surface area contributed by atoms with Gasteiger partial charge in [-0.3, -0.25) is 9.59 Å². The topological polar surface area (TPSA) is 67.9 Å². The van der Waals surface area contributed by atoms with Crippen LogP contribution in [0.25, 0.3) is 0 Å². The highest BCUT2D eigenvalue weighted by Gasteiger charge is 2.42. The van der Waals surface area contributed by atoms with Gasteiger partial charge in [0, 0.05) is 18.2 Å². The van der Waals surface area contributed by atoms with Crippen LogP contribution in [0.15, 0.2) is 18.2 Å². The summed E-state index contributed by atoms with van der Waals surface area (Å²) >= 11 is 0. The van der Waals surface area contributed by atoms with E-state index >= 15 is 0 Å². The molecule has 0 aliphatic carbocycles. The number of methoxy groups -OCH3 is 2. The molecule has 1 aliphatic heterocycles. The molecule has 0 radical (unpaired) electrons. The number of rotatable bonds is 4. The fourth-order valence-electron chi connectivity index (χ4n) is 2.31. The first-order valence-corrected chi connectivity index (χ1v) is 6.79. The third kappa shape index (κ3) is 2.79. The average Bonchev–Trinajstić information content (AvgIpc) is 2.50. The van der Waals surface area contributed by atoms with Gasteiger partial charge in [-0.25, -0.2) is 0 Å². The quantitative estimate of drug-likeness (QED) is 0.909. The van der Waals surface area contributed by atoms with Gasteiger partial charge in [0.25, 0.3) is 5.91 Å². The fraction of sp³-hybridized carbons (Fsp3) is 0.467. The highest BCUT2D eigenvalue weighted by molar-refractivity contribution is 6.09. The smallest absolute Gasteiger partial charge is 0.252 e. The largest absolute Gasteiger partial charge is 0.497 e. The van der Waals surface area contributed by atoms with E-state index in [0.29, 0.717) is 23.6 Å². The lowest BCUT2D eigenvalue weighted by molar-refractivity contribution is -0.135. The van der Waals surface area contributed by atoms with Crippen LogP contribution in [0.5, 0.6) is 11.5 Å². The summed E-state index contributed by atoms with van der Waals surface area (Å²) in [5.41, 5.74) is -0.295. The SMILES string of the molecule is CCC1(C)NC(=O)CN(c2cc(OC)cc(OC)c2)C1=O. The Morgan fingerprint density at radius 1 is 1.19 bits per heavy atom. The number of ether oxygens (including phenoxy) is 2. The van der Waals surface area contributed by atoms with E-state index in [-0.39, 0.29) is 18.4 Å². The summed E-state index contributed by atoms with van der Waals surface area (Å²) in [4.78, 5) is 26.0. The van der Waals surface area contributed by atoms with Crippen molar-refractivity contribution in [1.29, 1.82) is 0 Å². The second-order valence-electron chi connectivity index (χ2n) is 5.20. The van der Waals surface area contributed by atoms with Crippen molar-refractivity contribution in [1.82, 2.24) is 5.32 Å². The molecule has 0 aromatic heterocycles. The molecule has 6 nitrogen and oxygen atoms in total. The van der Waals surface area contributed by atoms with Crippen LogP contribution in [0, 0.1) is 0 Å². The lowest BCUT2D eigenvalue weighted by Gasteiger charge is -2.39. The molecule has 1 aromatic carbocycles. The van der Waals surface area contributed by atoms with Gasteiger partial charge in [0.15, 0.2) is 0 Å². The lowest BCUT2D eigenvalue weighted by atomic mass is 9.94. The van der Waals surface area contributed by atoms with Gasteiger partial charge < -0.3 is 19.7 Å². The number of piperazine rings is 1. The molecule has 1 heterocycles. The molecule has 0 spiro atoms. The van der Waals surface area contributed by atoms with Crippen LogP contribution in [-0.4, -0.2) is 38.1 Å². The molecule has 114 valence electrons. The maximum Gasteiger partial charge on any atom is 0.252 e. The molecular weight excluding hydrogens is 272 g/mol. The van der Waals surface area contributed by atoms with Crippen LogP contribution in [0.1, 0.15) is 20.3 Å². The number of carbonyl (C=O) groups excluding carboxylic acids is 2. The standard InChI is InChI=1S/C15H20N2O4/c1-5-15(2)14(19)17(9-13(18)16-15)10-6-11(20-3)8-12(7-10)21-4/h6-8H,5,9H2,1-4H3,(H,16,18). The van der Waals surface area contributed by atoms with Crippen LogP contribution in [0.3, 0.4) is 0 Å². The molecule has 1 N–H and O–H groups in total. The third-order valence-corrected chi connectivity index (χ3v) is 3.79. The Bertz CT molecular complexity index is 551. The number of anilines is 1. The molecule has 1 aliphatic rings. The fourth-order valence-corrected chi connectivity index (χ4v) is 2.31. The van der Waals surface area contributed by atoms with E-state index in [1.54, 1.807) is 39.3 Å². The van der Waals surface area contributed by atoms with Crippen LogP contribution in [0.2, 0.25) is 0 Å². The normalized spacial score (nSPS) is 22.0. The summed E-state index contributed by atoms with van der Waals surface area (Å²) in [7, 11) is 3.08. The van der Waals surface area contributed by atoms with Gasteiger partial charge in [-0.05, 0) is 13.3 Å². The van der Waals surface area contributed by atoms with Gasteiger partial charge in [0.05, 0.1) is 19.9 Å². The highest BCUT2D eigenvalue weighted by atomic mass is 16.5. The second kappa shape index (κ2) is 5.63. The summed E-state index contributed by atoms with van der Waals surface area (Å²) in [5, 5.41) is 2.76. The van der Waals surface area contributed by atoms with Crippen LogP contribution in [-0.2, 0) is 9.59 Å². The molecule has 2 amide bonds. The van der Waals surface area contributed by atoms with Gasteiger partial charge in [-0.1, -0.05) is 6.92 Å². The Labute approximate surface area is 124 Å². The summed E-state index contributed by atoms with van der Waals surface area (Å²) in [6, 6.07) is 5.15. The molecule has 6 heteroatoms. The van der Waals surface area contributed by atoms with Gasteiger partial charge >= 0.3 is 0 Å². The Kier molecular flexibility index (Phi) is 4.06. The van der Waals surface area contributed by atoms with E-state index in [0.717, 1.165) is 0 Å². The Morgan fingerprint density at radius 3 is 2.24 bits per heavy atom. The Morgan fingerprint density at radius 2 is 1.76 bits per heavy atom. The van der Waals surface area contributed by atoms with Crippen molar-refractivity contribution < 1.29 is 19.1 Å². The molecule has 1 saturated heterocycles. The molecule has 1 aromatic rings. The number of carbonyl (C=O) groups is 2. The third-order valence-electron chi connectivity index (χ3n) is 3.79. The molecule has 1 unspecified atom stereocenters.